The largest absolute Gasteiger partial charge is 0.507 e. The average Bonchev–Trinajstić information content (AvgIpc) is 2.24. The van der Waals surface area contributed by atoms with Crippen molar-refractivity contribution in [3.05, 3.63) is 29.6 Å². The van der Waals surface area contributed by atoms with Crippen molar-refractivity contribution in [1.82, 2.24) is 4.98 Å². The maximum Gasteiger partial charge on any atom is 0.130 e. The monoisotopic (exact) mass is 203 g/mol. The van der Waals surface area contributed by atoms with Crippen LogP contribution in [0.2, 0.25) is 0 Å². The molecule has 0 aliphatic heterocycles. The first kappa shape index (κ1) is 9.77. The van der Waals surface area contributed by atoms with Crippen LogP contribution >= 0.6 is 0 Å². The molecule has 1 aromatic carbocycles. The molecule has 0 fully saturated rings. The van der Waals surface area contributed by atoms with Crippen LogP contribution in [0.15, 0.2) is 18.3 Å². The number of phenolic OH excluding ortho intramolecular Hbond substituents is 1. The fourth-order valence-corrected chi connectivity index (χ4v) is 1.74. The van der Waals surface area contributed by atoms with E-state index < -0.39 is 0 Å². The molecule has 0 bridgehead atoms. The molecule has 1 N–H and O–H groups in total. The summed E-state index contributed by atoms with van der Waals surface area (Å²) in [6.45, 7) is 3.75. The van der Waals surface area contributed by atoms with Crippen molar-refractivity contribution in [3.63, 3.8) is 0 Å². The lowest BCUT2D eigenvalue weighted by Gasteiger charge is -2.10. The van der Waals surface area contributed by atoms with Gasteiger partial charge in [-0.3, -0.25) is 4.98 Å². The molecule has 0 saturated carbocycles. The Hall–Kier alpha value is -1.77. The second-order valence-corrected chi connectivity index (χ2v) is 3.54. The lowest BCUT2D eigenvalue weighted by atomic mass is 10.0. The van der Waals surface area contributed by atoms with Gasteiger partial charge in [-0.15, -0.1) is 0 Å². The van der Waals surface area contributed by atoms with Crippen LogP contribution in [-0.4, -0.2) is 17.2 Å². The average molecular weight is 203 g/mol. The Kier molecular flexibility index (Phi) is 2.23. The zero-order valence-electron chi connectivity index (χ0n) is 9.03. The van der Waals surface area contributed by atoms with E-state index in [1.54, 1.807) is 13.3 Å². The number of fused-ring (bicyclic) bond motifs is 1. The molecule has 0 spiro atoms. The van der Waals surface area contributed by atoms with Crippen LogP contribution in [0.1, 0.15) is 11.3 Å². The van der Waals surface area contributed by atoms with Gasteiger partial charge in [-0.25, -0.2) is 0 Å². The number of phenols is 1. The van der Waals surface area contributed by atoms with E-state index in [1.807, 2.05) is 26.0 Å². The predicted octanol–water partition coefficient (Wildman–Crippen LogP) is 2.57. The van der Waals surface area contributed by atoms with Gasteiger partial charge in [0.2, 0.25) is 0 Å². The minimum absolute atomic E-state index is 0.273. The molecule has 0 saturated heterocycles. The van der Waals surface area contributed by atoms with Crippen molar-refractivity contribution in [2.75, 3.05) is 7.11 Å². The molecule has 78 valence electrons. The summed E-state index contributed by atoms with van der Waals surface area (Å²) >= 11 is 0. The SMILES string of the molecule is COc1cc2c(C)nccc2c(O)c1C. The van der Waals surface area contributed by atoms with Crippen LogP contribution in [0.5, 0.6) is 11.5 Å². The molecule has 2 aromatic rings. The van der Waals surface area contributed by atoms with Crippen LogP contribution < -0.4 is 4.74 Å². The molecule has 0 radical (unpaired) electrons. The normalized spacial score (nSPS) is 10.6. The van der Waals surface area contributed by atoms with Gasteiger partial charge in [0.05, 0.1) is 7.11 Å². The molecule has 3 nitrogen and oxygen atoms in total. The first-order valence-electron chi connectivity index (χ1n) is 4.77. The predicted molar refractivity (Wildman–Crippen MR) is 59.4 cm³/mol. The van der Waals surface area contributed by atoms with Gasteiger partial charge in [-0.1, -0.05) is 0 Å². The highest BCUT2D eigenvalue weighted by Gasteiger charge is 2.10. The van der Waals surface area contributed by atoms with Crippen molar-refractivity contribution >= 4 is 10.8 Å². The molecule has 1 heterocycles. The second kappa shape index (κ2) is 3.42. The number of hydrogen-bond donors (Lipinski definition) is 1. The van der Waals surface area contributed by atoms with Crippen molar-refractivity contribution in [1.29, 1.82) is 0 Å². The standard InChI is InChI=1S/C12H13NO2/c1-7-11(15-3)6-10-8(2)13-5-4-9(10)12(7)14/h4-6,14H,1-3H3. The number of nitrogens with zero attached hydrogens (tertiary/aromatic N) is 1. The molecule has 1 aromatic heterocycles. The Morgan fingerprint density at radius 2 is 2.00 bits per heavy atom. The number of benzene rings is 1. The summed E-state index contributed by atoms with van der Waals surface area (Å²) in [6.07, 6.45) is 1.70. The van der Waals surface area contributed by atoms with Gasteiger partial charge < -0.3 is 9.84 Å². The number of rotatable bonds is 1. The summed E-state index contributed by atoms with van der Waals surface area (Å²) in [6, 6.07) is 3.72. The van der Waals surface area contributed by atoms with Gasteiger partial charge in [-0.05, 0) is 26.0 Å². The summed E-state index contributed by atoms with van der Waals surface area (Å²) in [4.78, 5) is 4.19. The number of ether oxygens (including phenoxy) is 1. The van der Waals surface area contributed by atoms with E-state index in [2.05, 4.69) is 4.98 Å². The molecule has 0 aliphatic rings. The van der Waals surface area contributed by atoms with Crippen molar-refractivity contribution in [3.8, 4) is 11.5 Å². The highest BCUT2D eigenvalue weighted by atomic mass is 16.5. The first-order valence-corrected chi connectivity index (χ1v) is 4.77. The third-order valence-corrected chi connectivity index (χ3v) is 2.66. The summed E-state index contributed by atoms with van der Waals surface area (Å²) < 4.78 is 5.20. The van der Waals surface area contributed by atoms with E-state index in [0.29, 0.717) is 5.75 Å². The van der Waals surface area contributed by atoms with Crippen LogP contribution in [-0.2, 0) is 0 Å². The van der Waals surface area contributed by atoms with Gasteiger partial charge in [0.25, 0.3) is 0 Å². The quantitative estimate of drug-likeness (QED) is 0.774. The summed E-state index contributed by atoms with van der Waals surface area (Å²) in [5, 5.41) is 11.7. The summed E-state index contributed by atoms with van der Waals surface area (Å²) in [5.41, 5.74) is 1.65. The molecule has 0 atom stereocenters. The van der Waals surface area contributed by atoms with Gasteiger partial charge in [-0.2, -0.15) is 0 Å². The van der Waals surface area contributed by atoms with Gasteiger partial charge in [0.1, 0.15) is 11.5 Å². The third-order valence-electron chi connectivity index (χ3n) is 2.66. The maximum atomic E-state index is 9.99. The number of aryl methyl sites for hydroxylation is 1. The van der Waals surface area contributed by atoms with Crippen LogP contribution in [0, 0.1) is 13.8 Å². The summed E-state index contributed by atoms with van der Waals surface area (Å²) in [5.74, 6) is 0.964. The van der Waals surface area contributed by atoms with Crippen LogP contribution in [0.3, 0.4) is 0 Å². The van der Waals surface area contributed by atoms with Crippen molar-refractivity contribution in [2.24, 2.45) is 0 Å². The number of pyridine rings is 1. The Morgan fingerprint density at radius 3 is 2.67 bits per heavy atom. The van der Waals surface area contributed by atoms with Crippen LogP contribution in [0.25, 0.3) is 10.8 Å². The summed E-state index contributed by atoms with van der Waals surface area (Å²) in [7, 11) is 1.60. The molecule has 15 heavy (non-hydrogen) atoms. The molecule has 0 unspecified atom stereocenters. The fraction of sp³-hybridized carbons (Fsp3) is 0.250. The zero-order chi connectivity index (χ0) is 11.0. The van der Waals surface area contributed by atoms with Gasteiger partial charge in [0.15, 0.2) is 0 Å². The zero-order valence-corrected chi connectivity index (χ0v) is 9.03. The van der Waals surface area contributed by atoms with E-state index in [-0.39, 0.29) is 5.75 Å². The first-order chi connectivity index (χ1) is 7.15. The van der Waals surface area contributed by atoms with E-state index in [0.717, 1.165) is 22.0 Å². The molecule has 0 amide bonds. The van der Waals surface area contributed by atoms with E-state index in [9.17, 15) is 5.11 Å². The number of aromatic hydroxyl groups is 1. The third kappa shape index (κ3) is 1.40. The van der Waals surface area contributed by atoms with Crippen molar-refractivity contribution in [2.45, 2.75) is 13.8 Å². The minimum Gasteiger partial charge on any atom is -0.507 e. The fourth-order valence-electron chi connectivity index (χ4n) is 1.74. The maximum absolute atomic E-state index is 9.99. The Balaban J connectivity index is 2.91. The van der Waals surface area contributed by atoms with E-state index >= 15 is 0 Å². The second-order valence-electron chi connectivity index (χ2n) is 3.54. The Labute approximate surface area is 88.3 Å². The number of hydrogen-bond acceptors (Lipinski definition) is 3. The molecule has 2 rings (SSSR count). The van der Waals surface area contributed by atoms with Crippen LogP contribution in [0.4, 0.5) is 0 Å². The van der Waals surface area contributed by atoms with E-state index in [4.69, 9.17) is 4.74 Å². The van der Waals surface area contributed by atoms with Gasteiger partial charge in [0, 0.05) is 28.2 Å². The highest BCUT2D eigenvalue weighted by Crippen LogP contribution is 2.35. The Bertz CT molecular complexity index is 521. The van der Waals surface area contributed by atoms with Crippen molar-refractivity contribution < 1.29 is 9.84 Å². The lowest BCUT2D eigenvalue weighted by Crippen LogP contribution is -1.91. The molecular formula is C12H13NO2. The van der Waals surface area contributed by atoms with Gasteiger partial charge >= 0.3 is 0 Å². The Morgan fingerprint density at radius 1 is 1.27 bits per heavy atom. The number of aromatic nitrogens is 1. The molecule has 3 heteroatoms. The topological polar surface area (TPSA) is 42.4 Å². The number of methoxy groups -OCH3 is 1. The minimum atomic E-state index is 0.273. The molecule has 0 aliphatic carbocycles. The molecular weight excluding hydrogens is 190 g/mol. The lowest BCUT2D eigenvalue weighted by molar-refractivity contribution is 0.404. The van der Waals surface area contributed by atoms with E-state index in [1.165, 1.54) is 0 Å². The smallest absolute Gasteiger partial charge is 0.130 e. The highest BCUT2D eigenvalue weighted by molar-refractivity contribution is 5.92.